The Bertz CT molecular complexity index is 20.1. The van der Waals surface area contributed by atoms with Crippen molar-refractivity contribution in [1.29, 1.82) is 0 Å². The highest BCUT2D eigenvalue weighted by Gasteiger charge is 1.48. The van der Waals surface area contributed by atoms with Gasteiger partial charge < -0.3 is 16.3 Å². The Labute approximate surface area is 59.3 Å². The Kier molecular flexibility index (Phi) is 43.8. The topological polar surface area (TPSA) is 37.2 Å². The van der Waals surface area contributed by atoms with Gasteiger partial charge in [-0.15, -0.1) is 0 Å². The maximum absolute atomic E-state index is 8.25. The molecule has 0 N–H and O–H groups in total. The van der Waals surface area contributed by atoms with Crippen LogP contribution in [0.4, 0.5) is 0 Å². The lowest BCUT2D eigenvalue weighted by molar-refractivity contribution is -0.325. The summed E-state index contributed by atoms with van der Waals surface area (Å²) in [6, 6.07) is 0. The Hall–Kier alpha value is -0.0800. The van der Waals surface area contributed by atoms with Crippen molar-refractivity contribution in [1.82, 2.24) is 0 Å². The third-order valence-electron chi connectivity index (χ3n) is 0. The van der Waals surface area contributed by atoms with E-state index in [4.69, 9.17) is 5.11 Å². The molecule has 60 valence electrons. The summed E-state index contributed by atoms with van der Waals surface area (Å²) in [7, 11) is 4.25. The number of rotatable bonds is 0. The summed E-state index contributed by atoms with van der Waals surface area (Å²) < 4.78 is 0. The van der Waals surface area contributed by atoms with Gasteiger partial charge in [-0.05, 0) is 0 Å². The molecule has 0 amide bonds. The van der Waals surface area contributed by atoms with Crippen molar-refractivity contribution >= 4 is 0 Å². The third kappa shape index (κ3) is 43400. The molecule has 0 saturated heterocycles. The van der Waals surface area contributed by atoms with Crippen molar-refractivity contribution in [3.05, 3.63) is 11.2 Å². The fraction of sp³-hybridized carbons (Fsp3) is 0.857. The average Bonchev–Trinajstić information content (AvgIpc) is 1.71. The van der Waals surface area contributed by atoms with Crippen LogP contribution in [0.2, 0.25) is 0 Å². The van der Waals surface area contributed by atoms with E-state index in [1.54, 1.807) is 14.1 Å². The Balaban J connectivity index is -0.0000000646. The minimum absolute atomic E-state index is 0.750. The van der Waals surface area contributed by atoms with E-state index in [2.05, 4.69) is 26.1 Å². The number of hydrogen-bond acceptors (Lipinski definition) is 1. The zero-order chi connectivity index (χ0) is 8.28. The molecule has 0 aromatic carbocycles. The van der Waals surface area contributed by atoms with Crippen LogP contribution in [0.15, 0.2) is 0 Å². The van der Waals surface area contributed by atoms with Gasteiger partial charge in [-0.1, -0.05) is 0 Å². The smallest absolute Gasteiger partial charge is 0.153 e. The molecule has 0 aliphatic rings. The molecule has 2 heteroatoms. The summed E-state index contributed by atoms with van der Waals surface area (Å²) in [4.78, 5) is 0. The van der Waals surface area contributed by atoms with Gasteiger partial charge in [0.25, 0.3) is 0 Å². The molecule has 9 heavy (non-hydrogen) atoms. The Morgan fingerprint density at radius 3 is 1.00 bits per heavy atom. The van der Waals surface area contributed by atoms with Gasteiger partial charge in [0.15, 0.2) is 0 Å². The minimum atomic E-state index is 0.750. The summed E-state index contributed by atoms with van der Waals surface area (Å²) in [5, 5.41) is 11.8. The highest BCUT2D eigenvalue weighted by atomic mass is 16.2. The van der Waals surface area contributed by atoms with Crippen LogP contribution in [0.25, 0.3) is 5.32 Å². The summed E-state index contributed by atoms with van der Waals surface area (Å²) in [6.07, 6.45) is 0. The van der Waals surface area contributed by atoms with Gasteiger partial charge in [-0.3, -0.25) is 0 Å². The van der Waals surface area contributed by atoms with Crippen LogP contribution in [-0.2, 0) is 0 Å². The molecule has 0 aromatic heterocycles. The molecular weight excluding hydrogens is 114 g/mol. The molecule has 0 fully saturated rings. The van der Waals surface area contributed by atoms with E-state index in [0.29, 0.717) is 0 Å². The zero-order valence-electron chi connectivity index (χ0n) is 7.36. The SMILES string of the molecule is C[C-](C)C.C[N-]C.C[O-]. The van der Waals surface area contributed by atoms with E-state index in [0.717, 1.165) is 7.11 Å². The van der Waals surface area contributed by atoms with Crippen molar-refractivity contribution in [2.75, 3.05) is 21.2 Å². The standard InChI is InChI=1S/C4H9.C2H6N.CH3O/c1-4(2)3;1-3-2;1-2/h1-3H3;1-2H3;1H3/q3*-1. The second-order valence-electron chi connectivity index (χ2n) is 1.95. The molecule has 2 nitrogen and oxygen atoms in total. The van der Waals surface area contributed by atoms with Crippen molar-refractivity contribution < 1.29 is 5.11 Å². The molecule has 0 saturated carbocycles. The predicted molar refractivity (Wildman–Crippen MR) is 41.4 cm³/mol. The van der Waals surface area contributed by atoms with E-state index >= 15 is 0 Å². The second-order valence-corrected chi connectivity index (χ2v) is 1.95. The quantitative estimate of drug-likeness (QED) is 0.456. The van der Waals surface area contributed by atoms with E-state index in [1.807, 2.05) is 0 Å². The Morgan fingerprint density at radius 1 is 1.00 bits per heavy atom. The van der Waals surface area contributed by atoms with E-state index < -0.39 is 0 Å². The molecule has 0 radical (unpaired) electrons. The minimum Gasteiger partial charge on any atom is -0.857 e. The van der Waals surface area contributed by atoms with Crippen LogP contribution in [0, 0.1) is 5.92 Å². The van der Waals surface area contributed by atoms with Gasteiger partial charge in [0.2, 0.25) is 0 Å². The number of nitrogens with zero attached hydrogens (tertiary/aromatic N) is 1. The maximum Gasteiger partial charge on any atom is -0.153 e. The van der Waals surface area contributed by atoms with Crippen LogP contribution in [0.1, 0.15) is 20.8 Å². The van der Waals surface area contributed by atoms with Crippen LogP contribution < -0.4 is 5.11 Å². The largest absolute Gasteiger partial charge is 0.857 e. The van der Waals surface area contributed by atoms with Crippen LogP contribution in [0.3, 0.4) is 0 Å². The highest BCUT2D eigenvalue weighted by molar-refractivity contribution is 4.64. The molecule has 0 heterocycles. The summed E-state index contributed by atoms with van der Waals surface area (Å²) >= 11 is 0. The van der Waals surface area contributed by atoms with Gasteiger partial charge in [0, 0.05) is 0 Å². The van der Waals surface area contributed by atoms with Crippen molar-refractivity contribution in [3.8, 4) is 0 Å². The first-order valence-electron chi connectivity index (χ1n) is 2.80. The lowest BCUT2D eigenvalue weighted by Gasteiger charge is -1.99. The number of hydrogen-bond donors (Lipinski definition) is 0. The maximum atomic E-state index is 8.25. The van der Waals surface area contributed by atoms with Crippen molar-refractivity contribution in [2.45, 2.75) is 20.8 Å². The van der Waals surface area contributed by atoms with Crippen LogP contribution >= 0.6 is 0 Å². The first-order valence-corrected chi connectivity index (χ1v) is 2.80. The Morgan fingerprint density at radius 2 is 1.00 bits per heavy atom. The highest BCUT2D eigenvalue weighted by Crippen LogP contribution is 1.85. The molecule has 0 atom stereocenters. The van der Waals surface area contributed by atoms with Crippen molar-refractivity contribution in [2.24, 2.45) is 0 Å². The molecule has 0 aromatic rings. The molecule has 0 bridgehead atoms. The van der Waals surface area contributed by atoms with Crippen LogP contribution in [-0.4, -0.2) is 21.2 Å². The summed E-state index contributed by atoms with van der Waals surface area (Å²) in [5.41, 5.74) is 0. The second kappa shape index (κ2) is 24.7. The molecular formula is C7H18NO-3. The normalized spacial score (nSPS) is 6.67. The third-order valence-corrected chi connectivity index (χ3v) is 0. The zero-order valence-corrected chi connectivity index (χ0v) is 7.36. The first-order chi connectivity index (χ1) is 4.15. The van der Waals surface area contributed by atoms with Crippen LogP contribution in [0.5, 0.6) is 0 Å². The molecule has 0 rings (SSSR count). The van der Waals surface area contributed by atoms with Crippen molar-refractivity contribution in [3.63, 3.8) is 0 Å². The lowest BCUT2D eigenvalue weighted by atomic mass is 10.3. The summed E-state index contributed by atoms with van der Waals surface area (Å²) in [6.45, 7) is 6.25. The fourth-order valence-electron chi connectivity index (χ4n) is 0. The van der Waals surface area contributed by atoms with E-state index in [-0.39, 0.29) is 0 Å². The first kappa shape index (κ1) is 16.0. The molecule has 0 unspecified atom stereocenters. The van der Waals surface area contributed by atoms with E-state index in [9.17, 15) is 0 Å². The average molecular weight is 132 g/mol. The van der Waals surface area contributed by atoms with Gasteiger partial charge in [0.05, 0.1) is 0 Å². The lowest BCUT2D eigenvalue weighted by Crippen LogP contribution is -1.81. The van der Waals surface area contributed by atoms with E-state index in [1.165, 1.54) is 5.92 Å². The monoisotopic (exact) mass is 132 g/mol. The van der Waals surface area contributed by atoms with Gasteiger partial charge in [-0.2, -0.15) is 42.0 Å². The summed E-state index contributed by atoms with van der Waals surface area (Å²) in [5.74, 6) is 1.42. The predicted octanol–water partition coefficient (Wildman–Crippen LogP) is 1.22. The molecule has 0 aliphatic heterocycles. The van der Waals surface area contributed by atoms with Gasteiger partial charge >= 0.3 is 0 Å². The van der Waals surface area contributed by atoms with Gasteiger partial charge in [0.1, 0.15) is 0 Å². The van der Waals surface area contributed by atoms with Gasteiger partial charge in [-0.25, -0.2) is 0 Å². The molecule has 0 aliphatic carbocycles. The fourth-order valence-corrected chi connectivity index (χ4v) is 0. The molecule has 0 spiro atoms.